The zero-order chi connectivity index (χ0) is 21.9. The Morgan fingerprint density at radius 1 is 1.03 bits per heavy atom. The van der Waals surface area contributed by atoms with Crippen molar-refractivity contribution in [2.75, 3.05) is 16.8 Å². The minimum absolute atomic E-state index is 0.0717. The molecule has 5 nitrogen and oxygen atoms in total. The maximum absolute atomic E-state index is 13.2. The monoisotopic (exact) mass is 443 g/mol. The number of Topliss-reactive ketones (excluding diaryl/α,β-unsaturated/α-hetero) is 1. The molecule has 3 aromatic rings. The molecule has 0 bridgehead atoms. The predicted octanol–water partition coefficient (Wildman–Crippen LogP) is 5.04. The summed E-state index contributed by atoms with van der Waals surface area (Å²) in [6.07, 6.45) is 2.24. The number of benzene rings is 2. The Morgan fingerprint density at radius 2 is 1.84 bits per heavy atom. The van der Waals surface area contributed by atoms with Gasteiger partial charge in [-0.1, -0.05) is 48.5 Å². The van der Waals surface area contributed by atoms with Crippen molar-refractivity contribution in [1.82, 2.24) is 5.32 Å². The van der Waals surface area contributed by atoms with Gasteiger partial charge in [-0.25, -0.2) is 0 Å². The van der Waals surface area contributed by atoms with Crippen LogP contribution in [0.3, 0.4) is 0 Å². The number of thiophene rings is 1. The second kappa shape index (κ2) is 9.01. The summed E-state index contributed by atoms with van der Waals surface area (Å²) in [5.41, 5.74) is 4.71. The van der Waals surface area contributed by atoms with Crippen LogP contribution in [0.25, 0.3) is 0 Å². The molecule has 5 rings (SSSR count). The summed E-state index contributed by atoms with van der Waals surface area (Å²) in [5.74, 6) is 0.0946. The van der Waals surface area contributed by atoms with Crippen molar-refractivity contribution in [3.05, 3.63) is 93.8 Å². The summed E-state index contributed by atoms with van der Waals surface area (Å²) >= 11 is 1.62. The van der Waals surface area contributed by atoms with E-state index in [1.807, 2.05) is 66.0 Å². The number of hydrogen-bond acceptors (Lipinski definition) is 5. The molecule has 1 aliphatic carbocycles. The van der Waals surface area contributed by atoms with Crippen molar-refractivity contribution in [3.8, 4) is 0 Å². The van der Waals surface area contributed by atoms with Crippen LogP contribution in [0.5, 0.6) is 0 Å². The molecular weight excluding hydrogens is 418 g/mol. The second-order valence-electron chi connectivity index (χ2n) is 8.12. The number of fused-ring (bicyclic) bond motifs is 1. The summed E-state index contributed by atoms with van der Waals surface area (Å²) < 4.78 is 0. The quantitative estimate of drug-likeness (QED) is 0.580. The Hall–Kier alpha value is -3.38. The average Bonchev–Trinajstić information content (AvgIpc) is 3.30. The van der Waals surface area contributed by atoms with Gasteiger partial charge in [0, 0.05) is 29.1 Å². The minimum Gasteiger partial charge on any atom is -0.357 e. The van der Waals surface area contributed by atoms with Gasteiger partial charge in [0.2, 0.25) is 5.91 Å². The van der Waals surface area contributed by atoms with Crippen LogP contribution in [-0.4, -0.2) is 18.2 Å². The normalized spacial score (nSPS) is 17.8. The van der Waals surface area contributed by atoms with Gasteiger partial charge >= 0.3 is 0 Å². The van der Waals surface area contributed by atoms with Crippen molar-refractivity contribution >= 4 is 34.4 Å². The molecule has 0 fully saturated rings. The molecule has 1 atom stereocenters. The number of allylic oxidation sites excluding steroid dienone is 1. The van der Waals surface area contributed by atoms with Crippen LogP contribution < -0.4 is 15.5 Å². The lowest BCUT2D eigenvalue weighted by Gasteiger charge is -2.34. The van der Waals surface area contributed by atoms with E-state index in [0.29, 0.717) is 13.0 Å². The van der Waals surface area contributed by atoms with Gasteiger partial charge in [0.1, 0.15) is 0 Å². The number of hydrogen-bond donors (Lipinski definition) is 2. The van der Waals surface area contributed by atoms with Crippen LogP contribution in [0.15, 0.2) is 83.4 Å². The van der Waals surface area contributed by atoms with Crippen LogP contribution in [0.4, 0.5) is 11.4 Å². The van der Waals surface area contributed by atoms with Crippen molar-refractivity contribution in [2.45, 2.75) is 31.8 Å². The molecule has 2 N–H and O–H groups in total. The van der Waals surface area contributed by atoms with E-state index in [0.717, 1.165) is 45.9 Å². The van der Waals surface area contributed by atoms with Crippen LogP contribution in [0.1, 0.15) is 35.7 Å². The Labute approximate surface area is 191 Å². The number of amides is 1. The first kappa shape index (κ1) is 20.5. The van der Waals surface area contributed by atoms with E-state index in [1.165, 1.54) is 0 Å². The van der Waals surface area contributed by atoms with E-state index in [1.54, 1.807) is 11.3 Å². The highest BCUT2D eigenvalue weighted by Crippen LogP contribution is 2.45. The number of ketones is 1. The molecule has 162 valence electrons. The molecule has 6 heteroatoms. The molecule has 0 unspecified atom stereocenters. The highest BCUT2D eigenvalue weighted by Gasteiger charge is 2.37. The lowest BCUT2D eigenvalue weighted by molar-refractivity contribution is -0.120. The van der Waals surface area contributed by atoms with E-state index in [4.69, 9.17) is 0 Å². The molecule has 0 spiro atoms. The van der Waals surface area contributed by atoms with E-state index in [9.17, 15) is 9.59 Å². The van der Waals surface area contributed by atoms with Gasteiger partial charge in [-0.05, 0) is 42.0 Å². The van der Waals surface area contributed by atoms with E-state index in [2.05, 4.69) is 21.6 Å². The zero-order valence-corrected chi connectivity index (χ0v) is 18.5. The van der Waals surface area contributed by atoms with E-state index >= 15 is 0 Å². The molecule has 1 aromatic heterocycles. The number of anilines is 2. The summed E-state index contributed by atoms with van der Waals surface area (Å²) in [6, 6.07) is 21.7. The maximum Gasteiger partial charge on any atom is 0.239 e. The predicted molar refractivity (Wildman–Crippen MR) is 129 cm³/mol. The number of nitrogens with zero attached hydrogens (tertiary/aromatic N) is 1. The molecule has 1 amide bonds. The standard InChI is InChI=1S/C26H25N3O2S/c30-22-13-6-11-20-25(22)26(23-14-7-15-32-23)29(21-12-5-4-10-19(21)28-20)17-24(31)27-16-18-8-2-1-3-9-18/h1-5,7-10,12,14-15,26,28H,6,11,13,16-17H2,(H,27,31)/t26-/m1/s1. The van der Waals surface area contributed by atoms with Gasteiger partial charge in [0.25, 0.3) is 0 Å². The summed E-state index contributed by atoms with van der Waals surface area (Å²) in [5, 5.41) is 8.61. The fraction of sp³-hybridized carbons (Fsp3) is 0.231. The smallest absolute Gasteiger partial charge is 0.239 e. The third-order valence-electron chi connectivity index (χ3n) is 6.00. The van der Waals surface area contributed by atoms with Crippen LogP contribution in [-0.2, 0) is 16.1 Å². The SMILES string of the molecule is O=C(CN1c2ccccc2NC2=C(C(=O)CCC2)[C@H]1c1cccs1)NCc1ccccc1. The largest absolute Gasteiger partial charge is 0.357 e. The number of carbonyl (C=O) groups excluding carboxylic acids is 2. The molecule has 0 saturated heterocycles. The van der Waals surface area contributed by atoms with Gasteiger partial charge < -0.3 is 15.5 Å². The topological polar surface area (TPSA) is 61.4 Å². The molecule has 0 saturated carbocycles. The number of rotatable bonds is 5. The van der Waals surface area contributed by atoms with E-state index in [-0.39, 0.29) is 24.3 Å². The maximum atomic E-state index is 13.2. The average molecular weight is 444 g/mol. The minimum atomic E-state index is -0.281. The van der Waals surface area contributed by atoms with Crippen molar-refractivity contribution in [1.29, 1.82) is 0 Å². The Bertz CT molecular complexity index is 1150. The summed E-state index contributed by atoms with van der Waals surface area (Å²) in [6.45, 7) is 0.641. The second-order valence-corrected chi connectivity index (χ2v) is 9.10. The highest BCUT2D eigenvalue weighted by atomic mass is 32.1. The third-order valence-corrected chi connectivity index (χ3v) is 6.92. The van der Waals surface area contributed by atoms with E-state index < -0.39 is 0 Å². The number of para-hydroxylation sites is 2. The van der Waals surface area contributed by atoms with Gasteiger partial charge in [0.05, 0.1) is 24.0 Å². The summed E-state index contributed by atoms with van der Waals surface area (Å²) in [7, 11) is 0. The van der Waals surface area contributed by atoms with Crippen LogP contribution >= 0.6 is 11.3 Å². The molecule has 32 heavy (non-hydrogen) atoms. The first-order valence-electron chi connectivity index (χ1n) is 10.9. The van der Waals surface area contributed by atoms with Gasteiger partial charge in [-0.2, -0.15) is 0 Å². The lowest BCUT2D eigenvalue weighted by Crippen LogP contribution is -2.40. The first-order chi connectivity index (χ1) is 15.7. The first-order valence-corrected chi connectivity index (χ1v) is 11.8. The lowest BCUT2D eigenvalue weighted by atomic mass is 9.88. The molecule has 1 aliphatic heterocycles. The number of nitrogens with one attached hydrogen (secondary N) is 2. The molecular formula is C26H25N3O2S. The van der Waals surface area contributed by atoms with Crippen LogP contribution in [0, 0.1) is 0 Å². The van der Waals surface area contributed by atoms with Crippen molar-refractivity contribution in [3.63, 3.8) is 0 Å². The number of carbonyl (C=O) groups is 2. The fourth-order valence-electron chi connectivity index (χ4n) is 4.52. The molecule has 0 radical (unpaired) electrons. The van der Waals surface area contributed by atoms with Gasteiger partial charge in [0.15, 0.2) is 5.78 Å². The highest BCUT2D eigenvalue weighted by molar-refractivity contribution is 7.10. The molecule has 2 aliphatic rings. The Kier molecular flexibility index (Phi) is 5.77. The van der Waals surface area contributed by atoms with Crippen molar-refractivity contribution < 1.29 is 9.59 Å². The van der Waals surface area contributed by atoms with Gasteiger partial charge in [-0.15, -0.1) is 11.3 Å². The third kappa shape index (κ3) is 4.06. The van der Waals surface area contributed by atoms with Crippen LogP contribution in [0.2, 0.25) is 0 Å². The Balaban J connectivity index is 1.52. The fourth-order valence-corrected chi connectivity index (χ4v) is 5.37. The molecule has 2 aromatic carbocycles. The summed E-state index contributed by atoms with van der Waals surface area (Å²) in [4.78, 5) is 29.4. The van der Waals surface area contributed by atoms with Gasteiger partial charge in [-0.3, -0.25) is 9.59 Å². The zero-order valence-electron chi connectivity index (χ0n) is 17.7. The Morgan fingerprint density at radius 3 is 2.66 bits per heavy atom. The van der Waals surface area contributed by atoms with Crippen molar-refractivity contribution in [2.24, 2.45) is 0 Å². The molecule has 2 heterocycles.